The van der Waals surface area contributed by atoms with E-state index in [0.717, 1.165) is 5.56 Å². The number of nitrogens with zero attached hydrogens (tertiary/aromatic N) is 4. The van der Waals surface area contributed by atoms with Crippen molar-refractivity contribution < 1.29 is 14.5 Å². The molecular formula is C12H12N6O4. The summed E-state index contributed by atoms with van der Waals surface area (Å²) in [5.74, 6) is 0.315. The number of carbonyl (C=O) groups is 1. The molecule has 0 aliphatic carbocycles. The van der Waals surface area contributed by atoms with Gasteiger partial charge in [0.05, 0.1) is 23.6 Å². The average molecular weight is 304 g/mol. The molecule has 1 aromatic heterocycles. The van der Waals surface area contributed by atoms with Crippen LogP contribution < -0.4 is 15.9 Å². The third-order valence-electron chi connectivity index (χ3n) is 2.45. The van der Waals surface area contributed by atoms with E-state index in [4.69, 9.17) is 10.5 Å². The fourth-order valence-corrected chi connectivity index (χ4v) is 1.48. The lowest BCUT2D eigenvalue weighted by atomic mass is 10.2. The molecule has 2 aromatic rings. The van der Waals surface area contributed by atoms with Crippen LogP contribution in [0.15, 0.2) is 41.6 Å². The van der Waals surface area contributed by atoms with Gasteiger partial charge in [0, 0.05) is 0 Å². The first-order valence-electron chi connectivity index (χ1n) is 6.04. The Morgan fingerprint density at radius 3 is 2.77 bits per heavy atom. The van der Waals surface area contributed by atoms with E-state index in [1.54, 1.807) is 24.3 Å². The van der Waals surface area contributed by atoms with Gasteiger partial charge in [0.15, 0.2) is 0 Å². The molecule has 10 heteroatoms. The van der Waals surface area contributed by atoms with Gasteiger partial charge >= 0.3 is 11.8 Å². The number of hydrogen-bond acceptors (Lipinski definition) is 6. The number of nitrogens with one attached hydrogen (secondary N) is 1. The van der Waals surface area contributed by atoms with Crippen LogP contribution in [0.4, 0.5) is 10.6 Å². The fraction of sp³-hybridized carbons (Fsp3) is 0.0833. The zero-order valence-corrected chi connectivity index (χ0v) is 11.2. The number of nitro groups is 1. The van der Waals surface area contributed by atoms with Crippen LogP contribution in [0.25, 0.3) is 0 Å². The predicted molar refractivity (Wildman–Crippen MR) is 76.3 cm³/mol. The summed E-state index contributed by atoms with van der Waals surface area (Å²) >= 11 is 0. The SMILES string of the molecule is NC(=O)NN=Cc1ccc(OCn2ccc([N+](=O)[O-])n2)cc1. The lowest BCUT2D eigenvalue weighted by Gasteiger charge is -2.04. The van der Waals surface area contributed by atoms with Gasteiger partial charge in [-0.2, -0.15) is 5.10 Å². The fourth-order valence-electron chi connectivity index (χ4n) is 1.48. The number of benzene rings is 1. The summed E-state index contributed by atoms with van der Waals surface area (Å²) in [6.45, 7) is 0.0461. The minimum absolute atomic E-state index is 0.0461. The number of rotatable bonds is 6. The van der Waals surface area contributed by atoms with Gasteiger partial charge in [0.1, 0.15) is 5.75 Å². The summed E-state index contributed by atoms with van der Waals surface area (Å²) in [4.78, 5) is 20.4. The Morgan fingerprint density at radius 2 is 2.18 bits per heavy atom. The van der Waals surface area contributed by atoms with E-state index in [9.17, 15) is 14.9 Å². The highest BCUT2D eigenvalue weighted by Crippen LogP contribution is 2.12. The maximum atomic E-state index is 10.5. The zero-order valence-electron chi connectivity index (χ0n) is 11.2. The summed E-state index contributed by atoms with van der Waals surface area (Å²) in [6, 6.07) is 7.34. The molecule has 0 unspecified atom stereocenters. The van der Waals surface area contributed by atoms with Crippen LogP contribution in [0.1, 0.15) is 5.56 Å². The number of ether oxygens (including phenoxy) is 1. The van der Waals surface area contributed by atoms with Gasteiger partial charge in [-0.15, -0.1) is 4.68 Å². The van der Waals surface area contributed by atoms with E-state index in [0.29, 0.717) is 5.75 Å². The molecule has 1 heterocycles. The quantitative estimate of drug-likeness (QED) is 0.462. The first-order valence-corrected chi connectivity index (χ1v) is 6.04. The molecule has 0 saturated heterocycles. The number of nitrogens with two attached hydrogens (primary N) is 1. The number of amides is 2. The van der Waals surface area contributed by atoms with Gasteiger partial charge in [0.2, 0.25) is 6.73 Å². The molecule has 10 nitrogen and oxygen atoms in total. The molecule has 0 aliphatic heterocycles. The average Bonchev–Trinajstić information content (AvgIpc) is 2.95. The molecular weight excluding hydrogens is 292 g/mol. The molecule has 0 bridgehead atoms. The van der Waals surface area contributed by atoms with Crippen LogP contribution in [0.5, 0.6) is 5.75 Å². The maximum absolute atomic E-state index is 10.5. The van der Waals surface area contributed by atoms with Crippen LogP contribution in [-0.2, 0) is 6.73 Å². The summed E-state index contributed by atoms with van der Waals surface area (Å²) < 4.78 is 6.74. The predicted octanol–water partition coefficient (Wildman–Crippen LogP) is 0.830. The first-order chi connectivity index (χ1) is 10.5. The minimum Gasteiger partial charge on any atom is -0.469 e. The molecule has 0 atom stereocenters. The van der Waals surface area contributed by atoms with E-state index in [1.165, 1.54) is 23.2 Å². The number of primary amides is 1. The van der Waals surface area contributed by atoms with Crippen molar-refractivity contribution in [3.8, 4) is 5.75 Å². The second kappa shape index (κ2) is 6.83. The highest BCUT2D eigenvalue weighted by atomic mass is 16.6. The maximum Gasteiger partial charge on any atom is 0.390 e. The van der Waals surface area contributed by atoms with Crippen LogP contribution >= 0.6 is 0 Å². The van der Waals surface area contributed by atoms with Crippen molar-refractivity contribution in [2.24, 2.45) is 10.8 Å². The molecule has 3 N–H and O–H groups in total. The highest BCUT2D eigenvalue weighted by molar-refractivity contribution is 5.81. The number of urea groups is 1. The Morgan fingerprint density at radius 1 is 1.45 bits per heavy atom. The normalized spacial score (nSPS) is 10.5. The first kappa shape index (κ1) is 15.0. The van der Waals surface area contributed by atoms with Gasteiger partial charge in [-0.3, -0.25) is 0 Å². The van der Waals surface area contributed by atoms with E-state index < -0.39 is 11.0 Å². The summed E-state index contributed by atoms with van der Waals surface area (Å²) in [5.41, 5.74) is 7.67. The van der Waals surface area contributed by atoms with E-state index in [2.05, 4.69) is 15.6 Å². The van der Waals surface area contributed by atoms with Gasteiger partial charge in [-0.1, -0.05) is 0 Å². The van der Waals surface area contributed by atoms with E-state index in [1.807, 2.05) is 0 Å². The Labute approximate surface area is 124 Å². The van der Waals surface area contributed by atoms with Crippen molar-refractivity contribution in [3.63, 3.8) is 0 Å². The number of hydrogen-bond donors (Lipinski definition) is 2. The minimum atomic E-state index is -0.746. The molecule has 22 heavy (non-hydrogen) atoms. The number of aromatic nitrogens is 2. The molecule has 2 rings (SSSR count). The van der Waals surface area contributed by atoms with Crippen molar-refractivity contribution in [1.82, 2.24) is 15.2 Å². The third kappa shape index (κ3) is 4.30. The molecule has 0 radical (unpaired) electrons. The highest BCUT2D eigenvalue weighted by Gasteiger charge is 2.10. The van der Waals surface area contributed by atoms with Crippen molar-refractivity contribution in [2.75, 3.05) is 0 Å². The van der Waals surface area contributed by atoms with E-state index >= 15 is 0 Å². The third-order valence-corrected chi connectivity index (χ3v) is 2.45. The molecule has 0 aliphatic rings. The van der Waals surface area contributed by atoms with Crippen LogP contribution in [0.2, 0.25) is 0 Å². The van der Waals surface area contributed by atoms with Gasteiger partial charge in [-0.25, -0.2) is 10.2 Å². The Balaban J connectivity index is 1.89. The molecule has 1 aromatic carbocycles. The second-order valence-corrected chi connectivity index (χ2v) is 4.05. The van der Waals surface area contributed by atoms with Crippen molar-refractivity contribution in [3.05, 3.63) is 52.2 Å². The van der Waals surface area contributed by atoms with Crippen LogP contribution in [0, 0.1) is 10.1 Å². The van der Waals surface area contributed by atoms with Gasteiger partial charge in [0.25, 0.3) is 0 Å². The number of carbonyl (C=O) groups excluding carboxylic acids is 1. The Kier molecular flexibility index (Phi) is 4.65. The smallest absolute Gasteiger partial charge is 0.390 e. The standard InChI is InChI=1S/C12H12N6O4/c13-12(19)15-14-7-9-1-3-10(4-2-9)22-8-17-6-5-11(16-17)18(20)21/h1-7H,8H2,(H3,13,15,19). The van der Waals surface area contributed by atoms with Crippen molar-refractivity contribution >= 4 is 18.1 Å². The van der Waals surface area contributed by atoms with Crippen LogP contribution in [-0.4, -0.2) is 26.9 Å². The summed E-state index contributed by atoms with van der Waals surface area (Å²) in [7, 11) is 0. The van der Waals surface area contributed by atoms with Crippen LogP contribution in [0.3, 0.4) is 0 Å². The zero-order chi connectivity index (χ0) is 15.9. The van der Waals surface area contributed by atoms with Gasteiger partial charge < -0.3 is 20.6 Å². The lowest BCUT2D eigenvalue weighted by Crippen LogP contribution is -2.24. The lowest BCUT2D eigenvalue weighted by molar-refractivity contribution is -0.389. The van der Waals surface area contributed by atoms with E-state index in [-0.39, 0.29) is 12.5 Å². The molecule has 0 saturated carbocycles. The second-order valence-electron chi connectivity index (χ2n) is 4.05. The largest absolute Gasteiger partial charge is 0.469 e. The summed E-state index contributed by atoms with van der Waals surface area (Å²) in [5, 5.41) is 17.8. The number of hydrazone groups is 1. The van der Waals surface area contributed by atoms with Crippen molar-refractivity contribution in [2.45, 2.75) is 6.73 Å². The topological polar surface area (TPSA) is 138 Å². The van der Waals surface area contributed by atoms with Gasteiger partial charge in [-0.05, 0) is 34.8 Å². The van der Waals surface area contributed by atoms with Crippen molar-refractivity contribution in [1.29, 1.82) is 0 Å². The molecule has 114 valence electrons. The summed E-state index contributed by atoms with van der Waals surface area (Å²) in [6.07, 6.45) is 2.88. The Bertz CT molecular complexity index is 694. The molecule has 0 fully saturated rings. The Hall–Kier alpha value is -3.43. The molecule has 0 spiro atoms. The monoisotopic (exact) mass is 304 g/mol. The molecule has 2 amide bonds.